The molecule has 1 fully saturated rings. The van der Waals surface area contributed by atoms with E-state index in [1.165, 1.54) is 5.56 Å². The van der Waals surface area contributed by atoms with Crippen molar-refractivity contribution in [3.05, 3.63) is 29.8 Å². The number of aliphatic imine (C=N–C) groups is 1. The fraction of sp³-hybridized carbons (Fsp3) is 0.632. The number of sulfonamides is 1. The summed E-state index contributed by atoms with van der Waals surface area (Å²) in [6.07, 6.45) is 1.82. The summed E-state index contributed by atoms with van der Waals surface area (Å²) in [4.78, 5) is 6.67. The molecule has 164 valence electrons. The zero-order valence-electron chi connectivity index (χ0n) is 17.5. The first-order valence-electron chi connectivity index (χ1n) is 9.78. The first-order chi connectivity index (χ1) is 13.9. The number of benzene rings is 1. The predicted octanol–water partition coefficient (Wildman–Crippen LogP) is 0.173. The number of guanidine groups is 1. The average Bonchev–Trinajstić information content (AvgIpc) is 2.72. The Bertz CT molecular complexity index is 733. The van der Waals surface area contributed by atoms with Crippen molar-refractivity contribution in [2.75, 3.05) is 66.4 Å². The van der Waals surface area contributed by atoms with Gasteiger partial charge in [0.25, 0.3) is 0 Å². The van der Waals surface area contributed by atoms with Crippen LogP contribution in [0.25, 0.3) is 0 Å². The lowest BCUT2D eigenvalue weighted by Crippen LogP contribution is -2.46. The van der Waals surface area contributed by atoms with Crippen molar-refractivity contribution in [3.8, 4) is 5.75 Å². The lowest BCUT2D eigenvalue weighted by atomic mass is 10.0. The minimum atomic E-state index is -3.15. The van der Waals surface area contributed by atoms with Gasteiger partial charge in [-0.1, -0.05) is 12.1 Å². The predicted molar refractivity (Wildman–Crippen MR) is 115 cm³/mol. The molecule has 3 N–H and O–H groups in total. The van der Waals surface area contributed by atoms with Crippen molar-refractivity contribution >= 4 is 16.0 Å². The molecule has 0 bridgehead atoms. The van der Waals surface area contributed by atoms with Crippen LogP contribution in [0.15, 0.2) is 29.3 Å². The number of hydrogen-bond acceptors (Lipinski definition) is 6. The van der Waals surface area contributed by atoms with Gasteiger partial charge in [0.1, 0.15) is 5.75 Å². The number of ether oxygens (including phenoxy) is 2. The van der Waals surface area contributed by atoms with Gasteiger partial charge < -0.3 is 20.1 Å². The van der Waals surface area contributed by atoms with Crippen molar-refractivity contribution in [1.29, 1.82) is 0 Å². The van der Waals surface area contributed by atoms with Crippen molar-refractivity contribution in [1.82, 2.24) is 20.3 Å². The van der Waals surface area contributed by atoms with Gasteiger partial charge in [0.15, 0.2) is 5.96 Å². The molecule has 1 heterocycles. The molecular formula is C19H33N5O4S. The van der Waals surface area contributed by atoms with Crippen LogP contribution in [0.3, 0.4) is 0 Å². The summed E-state index contributed by atoms with van der Waals surface area (Å²) in [5, 5.41) is 6.61. The van der Waals surface area contributed by atoms with E-state index in [-0.39, 0.29) is 6.04 Å². The van der Waals surface area contributed by atoms with E-state index in [4.69, 9.17) is 9.47 Å². The fourth-order valence-electron chi connectivity index (χ4n) is 3.14. The molecule has 0 aliphatic carbocycles. The van der Waals surface area contributed by atoms with E-state index in [2.05, 4.69) is 37.4 Å². The van der Waals surface area contributed by atoms with E-state index in [1.807, 2.05) is 12.1 Å². The first-order valence-corrected chi connectivity index (χ1v) is 11.7. The first kappa shape index (κ1) is 23.4. The van der Waals surface area contributed by atoms with Gasteiger partial charge in [-0.2, -0.15) is 0 Å². The molecular weight excluding hydrogens is 394 g/mol. The second kappa shape index (κ2) is 12.0. The monoisotopic (exact) mass is 427 g/mol. The summed E-state index contributed by atoms with van der Waals surface area (Å²) < 4.78 is 35.5. The Kier molecular flexibility index (Phi) is 9.65. The van der Waals surface area contributed by atoms with Gasteiger partial charge in [0, 0.05) is 39.8 Å². The van der Waals surface area contributed by atoms with Crippen LogP contribution < -0.4 is 20.1 Å². The third-order valence-electron chi connectivity index (χ3n) is 4.68. The number of nitrogens with zero attached hydrogens (tertiary/aromatic N) is 2. The minimum absolute atomic E-state index is 0.176. The number of nitrogens with one attached hydrogen (secondary N) is 3. The van der Waals surface area contributed by atoms with E-state index >= 15 is 0 Å². The van der Waals surface area contributed by atoms with Gasteiger partial charge in [0.05, 0.1) is 32.6 Å². The van der Waals surface area contributed by atoms with E-state index in [1.54, 1.807) is 14.2 Å². The molecule has 1 atom stereocenters. The molecule has 1 unspecified atom stereocenters. The van der Waals surface area contributed by atoms with Crippen molar-refractivity contribution < 1.29 is 17.9 Å². The zero-order chi connectivity index (χ0) is 21.1. The SMILES string of the molecule is CN=C(NCCCNS(C)(=O)=O)NCC(c1ccc(OC)cc1)N1CCOCC1. The van der Waals surface area contributed by atoms with Gasteiger partial charge in [-0.25, -0.2) is 13.1 Å². The molecule has 0 aromatic heterocycles. The lowest BCUT2D eigenvalue weighted by Gasteiger charge is -2.35. The maximum absolute atomic E-state index is 11.1. The van der Waals surface area contributed by atoms with Gasteiger partial charge in [-0.05, 0) is 24.1 Å². The summed E-state index contributed by atoms with van der Waals surface area (Å²) >= 11 is 0. The molecule has 2 rings (SSSR count). The smallest absolute Gasteiger partial charge is 0.208 e. The molecule has 10 heteroatoms. The molecule has 1 aliphatic heterocycles. The van der Waals surface area contributed by atoms with Crippen molar-refractivity contribution in [2.45, 2.75) is 12.5 Å². The van der Waals surface area contributed by atoms with Crippen LogP contribution in [0.1, 0.15) is 18.0 Å². The largest absolute Gasteiger partial charge is 0.497 e. The summed E-state index contributed by atoms with van der Waals surface area (Å²) in [5.74, 6) is 1.53. The Morgan fingerprint density at radius 3 is 2.48 bits per heavy atom. The Morgan fingerprint density at radius 2 is 1.90 bits per heavy atom. The normalized spacial score (nSPS) is 17.0. The van der Waals surface area contributed by atoms with Gasteiger partial charge in [-0.15, -0.1) is 0 Å². The van der Waals surface area contributed by atoms with E-state index in [0.717, 1.165) is 38.3 Å². The van der Waals surface area contributed by atoms with Crippen LogP contribution >= 0.6 is 0 Å². The highest BCUT2D eigenvalue weighted by Gasteiger charge is 2.23. The molecule has 1 aromatic carbocycles. The van der Waals surface area contributed by atoms with E-state index < -0.39 is 10.0 Å². The minimum Gasteiger partial charge on any atom is -0.497 e. The number of hydrogen-bond donors (Lipinski definition) is 3. The third-order valence-corrected chi connectivity index (χ3v) is 5.41. The average molecular weight is 428 g/mol. The molecule has 0 saturated carbocycles. The van der Waals surface area contributed by atoms with E-state index in [9.17, 15) is 8.42 Å². The molecule has 9 nitrogen and oxygen atoms in total. The van der Waals surface area contributed by atoms with Gasteiger partial charge in [0.2, 0.25) is 10.0 Å². The third kappa shape index (κ3) is 8.57. The topological polar surface area (TPSA) is 104 Å². The molecule has 29 heavy (non-hydrogen) atoms. The quantitative estimate of drug-likeness (QED) is 0.278. The van der Waals surface area contributed by atoms with Crippen LogP contribution in [0.2, 0.25) is 0 Å². The van der Waals surface area contributed by atoms with Crippen molar-refractivity contribution in [3.63, 3.8) is 0 Å². The number of morpholine rings is 1. The van der Waals surface area contributed by atoms with Crippen LogP contribution in [-0.2, 0) is 14.8 Å². The van der Waals surface area contributed by atoms with Gasteiger partial charge >= 0.3 is 0 Å². The summed E-state index contributed by atoms with van der Waals surface area (Å²) in [5.41, 5.74) is 1.20. The Balaban J connectivity index is 1.91. The molecule has 1 saturated heterocycles. The lowest BCUT2D eigenvalue weighted by molar-refractivity contribution is 0.0170. The maximum Gasteiger partial charge on any atom is 0.208 e. The second-order valence-electron chi connectivity index (χ2n) is 6.84. The molecule has 0 spiro atoms. The summed E-state index contributed by atoms with van der Waals surface area (Å²) in [7, 11) is 0.239. The Hall–Kier alpha value is -1.88. The Morgan fingerprint density at radius 1 is 1.21 bits per heavy atom. The fourth-order valence-corrected chi connectivity index (χ4v) is 3.65. The van der Waals surface area contributed by atoms with Crippen LogP contribution in [0.5, 0.6) is 5.75 Å². The summed E-state index contributed by atoms with van der Waals surface area (Å²) in [6.45, 7) is 4.91. The van der Waals surface area contributed by atoms with E-state index in [0.29, 0.717) is 32.0 Å². The molecule has 0 amide bonds. The standard InChI is InChI=1S/C19H33N5O4S/c1-20-19(21-9-4-10-23-29(3,25)26)22-15-18(24-11-13-28-14-12-24)16-5-7-17(27-2)8-6-16/h5-8,18,23H,4,9-15H2,1-3H3,(H2,20,21,22). The highest BCUT2D eigenvalue weighted by molar-refractivity contribution is 7.88. The zero-order valence-corrected chi connectivity index (χ0v) is 18.3. The summed E-state index contributed by atoms with van der Waals surface area (Å²) in [6, 6.07) is 8.31. The van der Waals surface area contributed by atoms with Crippen molar-refractivity contribution in [2.24, 2.45) is 4.99 Å². The second-order valence-corrected chi connectivity index (χ2v) is 8.67. The number of rotatable bonds is 10. The van der Waals surface area contributed by atoms with Gasteiger partial charge in [-0.3, -0.25) is 9.89 Å². The molecule has 1 aliphatic rings. The highest BCUT2D eigenvalue weighted by Crippen LogP contribution is 2.23. The molecule has 0 radical (unpaired) electrons. The Labute approximate surface area is 173 Å². The number of methoxy groups -OCH3 is 1. The highest BCUT2D eigenvalue weighted by atomic mass is 32.2. The van der Waals surface area contributed by atoms with Crippen LogP contribution in [0, 0.1) is 0 Å². The maximum atomic E-state index is 11.1. The van der Waals surface area contributed by atoms with Crippen LogP contribution in [-0.4, -0.2) is 85.6 Å². The molecule has 1 aromatic rings. The van der Waals surface area contributed by atoms with Crippen LogP contribution in [0.4, 0.5) is 0 Å².